The van der Waals surface area contributed by atoms with Gasteiger partial charge in [-0.3, -0.25) is 9.78 Å². The number of aromatic nitrogens is 1. The topological polar surface area (TPSA) is 55.1 Å². The lowest BCUT2D eigenvalue weighted by Crippen LogP contribution is -2.30. The molecule has 1 fully saturated rings. The van der Waals surface area contributed by atoms with Crippen molar-refractivity contribution in [2.75, 3.05) is 0 Å². The number of nitrogens with zero attached hydrogens (tertiary/aromatic N) is 1. The number of furan rings is 1. The van der Waals surface area contributed by atoms with E-state index in [2.05, 4.69) is 10.3 Å². The number of pyridine rings is 1. The van der Waals surface area contributed by atoms with Gasteiger partial charge in [-0.2, -0.15) is 0 Å². The van der Waals surface area contributed by atoms with Crippen molar-refractivity contribution in [1.29, 1.82) is 0 Å². The van der Waals surface area contributed by atoms with E-state index in [-0.39, 0.29) is 11.9 Å². The molecule has 1 N–H and O–H groups in total. The van der Waals surface area contributed by atoms with Crippen molar-refractivity contribution in [3.8, 4) is 0 Å². The number of hydrogen-bond acceptors (Lipinski definition) is 3. The van der Waals surface area contributed by atoms with E-state index in [0.717, 1.165) is 24.1 Å². The Labute approximate surface area is 111 Å². The Hall–Kier alpha value is -2.10. The lowest BCUT2D eigenvalue weighted by atomic mass is 10.1. The molecular weight excluding hydrogens is 240 g/mol. The summed E-state index contributed by atoms with van der Waals surface area (Å²) in [6, 6.07) is 5.68. The highest BCUT2D eigenvalue weighted by molar-refractivity contribution is 5.94. The molecule has 0 aliphatic heterocycles. The van der Waals surface area contributed by atoms with Crippen LogP contribution in [0.1, 0.15) is 40.5 Å². The molecule has 0 saturated heterocycles. The highest BCUT2D eigenvalue weighted by atomic mass is 16.3. The van der Waals surface area contributed by atoms with Crippen LogP contribution in [0.25, 0.3) is 0 Å². The minimum atomic E-state index is -0.103. The lowest BCUT2D eigenvalue weighted by Gasteiger charge is -2.17. The fraction of sp³-hybridized carbons (Fsp3) is 0.333. The van der Waals surface area contributed by atoms with E-state index < -0.39 is 0 Å². The van der Waals surface area contributed by atoms with Gasteiger partial charge in [-0.05, 0) is 49.4 Å². The van der Waals surface area contributed by atoms with Gasteiger partial charge in [0.15, 0.2) is 0 Å². The summed E-state index contributed by atoms with van der Waals surface area (Å²) in [7, 11) is 0. The molecule has 1 amide bonds. The molecule has 1 atom stereocenters. The Kier molecular flexibility index (Phi) is 3.07. The molecule has 1 saturated carbocycles. The van der Waals surface area contributed by atoms with E-state index in [1.165, 1.54) is 12.5 Å². The van der Waals surface area contributed by atoms with Gasteiger partial charge >= 0.3 is 0 Å². The summed E-state index contributed by atoms with van der Waals surface area (Å²) in [6.45, 7) is 2.03. The number of nitrogens with one attached hydrogen (secondary N) is 1. The highest BCUT2D eigenvalue weighted by Crippen LogP contribution is 2.40. The molecule has 0 spiro atoms. The van der Waals surface area contributed by atoms with Crippen molar-refractivity contribution in [3.63, 3.8) is 0 Å². The van der Waals surface area contributed by atoms with Crippen molar-refractivity contribution in [2.45, 2.75) is 25.8 Å². The maximum absolute atomic E-state index is 12.1. The molecule has 1 aliphatic rings. The lowest BCUT2D eigenvalue weighted by molar-refractivity contribution is 0.0930. The summed E-state index contributed by atoms with van der Waals surface area (Å²) < 4.78 is 4.94. The average molecular weight is 256 g/mol. The molecule has 0 bridgehead atoms. The molecule has 3 rings (SSSR count). The van der Waals surface area contributed by atoms with Gasteiger partial charge in [0.2, 0.25) is 0 Å². The maximum atomic E-state index is 12.1. The van der Waals surface area contributed by atoms with Crippen molar-refractivity contribution >= 4 is 5.91 Å². The van der Waals surface area contributed by atoms with Crippen LogP contribution in [-0.2, 0) is 0 Å². The van der Waals surface area contributed by atoms with Gasteiger partial charge in [0.05, 0.1) is 23.6 Å². The van der Waals surface area contributed by atoms with Crippen LogP contribution in [0.2, 0.25) is 0 Å². The molecule has 2 aromatic heterocycles. The number of carbonyl (C=O) groups is 1. The first kappa shape index (κ1) is 12.0. The molecule has 1 unspecified atom stereocenters. The second-order valence-corrected chi connectivity index (χ2v) is 5.06. The number of aryl methyl sites for hydroxylation is 1. The van der Waals surface area contributed by atoms with Crippen LogP contribution in [0, 0.1) is 12.8 Å². The van der Waals surface area contributed by atoms with E-state index in [9.17, 15) is 4.79 Å². The Morgan fingerprint density at radius 3 is 2.95 bits per heavy atom. The van der Waals surface area contributed by atoms with Crippen molar-refractivity contribution in [2.24, 2.45) is 5.92 Å². The minimum Gasteiger partial charge on any atom is -0.472 e. The SMILES string of the molecule is Cc1ccnc(C(NC(=O)c2ccoc2)C2CC2)c1. The summed E-state index contributed by atoms with van der Waals surface area (Å²) in [5, 5.41) is 3.06. The predicted molar refractivity (Wildman–Crippen MR) is 70.6 cm³/mol. The standard InChI is InChI=1S/C15H16N2O2/c1-10-4-6-16-13(8-10)14(11-2-3-11)17-15(18)12-5-7-19-9-12/h4-9,11,14H,2-3H2,1H3,(H,17,18). The van der Waals surface area contributed by atoms with Gasteiger partial charge in [0.1, 0.15) is 6.26 Å². The zero-order valence-corrected chi connectivity index (χ0v) is 10.8. The Morgan fingerprint density at radius 2 is 2.32 bits per heavy atom. The number of hydrogen-bond donors (Lipinski definition) is 1. The second kappa shape index (κ2) is 4.88. The van der Waals surface area contributed by atoms with Crippen LogP contribution < -0.4 is 5.32 Å². The van der Waals surface area contributed by atoms with Crippen LogP contribution >= 0.6 is 0 Å². The summed E-state index contributed by atoms with van der Waals surface area (Å²) in [4.78, 5) is 16.5. The van der Waals surface area contributed by atoms with Crippen LogP contribution in [0.15, 0.2) is 41.3 Å². The third-order valence-electron chi connectivity index (χ3n) is 3.42. The van der Waals surface area contributed by atoms with Crippen molar-refractivity contribution in [1.82, 2.24) is 10.3 Å². The minimum absolute atomic E-state index is 0.00213. The van der Waals surface area contributed by atoms with Crippen LogP contribution in [0.3, 0.4) is 0 Å². The molecule has 2 aromatic rings. The van der Waals surface area contributed by atoms with Crippen LogP contribution in [0.4, 0.5) is 0 Å². The quantitative estimate of drug-likeness (QED) is 0.915. The molecule has 1 aliphatic carbocycles. The number of carbonyl (C=O) groups excluding carboxylic acids is 1. The molecule has 4 nitrogen and oxygen atoms in total. The van der Waals surface area contributed by atoms with Gasteiger partial charge < -0.3 is 9.73 Å². The fourth-order valence-corrected chi connectivity index (χ4v) is 2.21. The zero-order chi connectivity index (χ0) is 13.2. The van der Waals surface area contributed by atoms with Gasteiger partial charge in [-0.15, -0.1) is 0 Å². The average Bonchev–Trinajstić information content (AvgIpc) is 3.09. The van der Waals surface area contributed by atoms with Gasteiger partial charge in [0.25, 0.3) is 5.91 Å². The van der Waals surface area contributed by atoms with Crippen molar-refractivity contribution in [3.05, 3.63) is 53.7 Å². The molecule has 98 valence electrons. The van der Waals surface area contributed by atoms with Gasteiger partial charge in [-0.25, -0.2) is 0 Å². The van der Waals surface area contributed by atoms with E-state index in [1.54, 1.807) is 12.3 Å². The van der Waals surface area contributed by atoms with Gasteiger partial charge in [-0.1, -0.05) is 0 Å². The largest absolute Gasteiger partial charge is 0.472 e. The van der Waals surface area contributed by atoms with Crippen LogP contribution in [0.5, 0.6) is 0 Å². The third kappa shape index (κ3) is 2.67. The number of rotatable bonds is 4. The normalized spacial score (nSPS) is 16.1. The van der Waals surface area contributed by atoms with Crippen LogP contribution in [-0.4, -0.2) is 10.9 Å². The van der Waals surface area contributed by atoms with E-state index in [1.807, 2.05) is 19.1 Å². The monoisotopic (exact) mass is 256 g/mol. The van der Waals surface area contributed by atoms with Crippen molar-refractivity contribution < 1.29 is 9.21 Å². The first-order chi connectivity index (χ1) is 9.24. The summed E-state index contributed by atoms with van der Waals surface area (Å²) in [6.07, 6.45) is 7.05. The molecular formula is C15H16N2O2. The van der Waals surface area contributed by atoms with E-state index in [0.29, 0.717) is 11.5 Å². The molecule has 2 heterocycles. The van der Waals surface area contributed by atoms with E-state index >= 15 is 0 Å². The smallest absolute Gasteiger partial charge is 0.255 e. The predicted octanol–water partition coefficient (Wildman–Crippen LogP) is 2.86. The molecule has 0 aromatic carbocycles. The van der Waals surface area contributed by atoms with Gasteiger partial charge in [0, 0.05) is 6.20 Å². The summed E-state index contributed by atoms with van der Waals surface area (Å²) in [5.41, 5.74) is 2.66. The molecule has 4 heteroatoms. The summed E-state index contributed by atoms with van der Waals surface area (Å²) >= 11 is 0. The second-order valence-electron chi connectivity index (χ2n) is 5.06. The first-order valence-electron chi connectivity index (χ1n) is 6.49. The fourth-order valence-electron chi connectivity index (χ4n) is 2.21. The Bertz CT molecular complexity index is 574. The Morgan fingerprint density at radius 1 is 1.47 bits per heavy atom. The first-order valence-corrected chi connectivity index (χ1v) is 6.49. The molecule has 0 radical (unpaired) electrons. The molecule has 19 heavy (non-hydrogen) atoms. The number of amides is 1. The van der Waals surface area contributed by atoms with E-state index in [4.69, 9.17) is 4.42 Å². The highest BCUT2D eigenvalue weighted by Gasteiger charge is 2.34. The third-order valence-corrected chi connectivity index (χ3v) is 3.42. The summed E-state index contributed by atoms with van der Waals surface area (Å²) in [5.74, 6) is 0.402. The zero-order valence-electron chi connectivity index (χ0n) is 10.8. The Balaban J connectivity index is 1.80. The maximum Gasteiger partial charge on any atom is 0.255 e.